The van der Waals surface area contributed by atoms with Gasteiger partial charge >= 0.3 is 0 Å². The molecule has 0 radical (unpaired) electrons. The topological polar surface area (TPSA) is 81.4 Å². The number of methoxy groups -OCH3 is 1. The molecule has 0 atom stereocenters. The van der Waals surface area contributed by atoms with Gasteiger partial charge in [0, 0.05) is 10.9 Å². The average Bonchev–Trinajstić information content (AvgIpc) is 3.07. The second-order valence-electron chi connectivity index (χ2n) is 5.11. The Kier molecular flexibility index (Phi) is 4.18. The summed E-state index contributed by atoms with van der Waals surface area (Å²) in [6, 6.07) is 5.00. The Labute approximate surface area is 141 Å². The molecule has 0 aliphatic rings. The lowest BCUT2D eigenvalue weighted by Crippen LogP contribution is -2.13. The van der Waals surface area contributed by atoms with Crippen LogP contribution in [0.25, 0.3) is 4.96 Å². The molecule has 0 saturated carbocycles. The number of carbonyl (C=O) groups is 1. The SMILES string of the molecule is COc1ccc(Cl)cc1NC(=O)c1nn2c(C(C)C)nnc2s1. The highest BCUT2D eigenvalue weighted by Gasteiger charge is 2.19. The first kappa shape index (κ1) is 15.7. The maximum atomic E-state index is 12.4. The highest BCUT2D eigenvalue weighted by Crippen LogP contribution is 2.28. The fourth-order valence-electron chi connectivity index (χ4n) is 2.04. The Bertz CT molecular complexity index is 873. The summed E-state index contributed by atoms with van der Waals surface area (Å²) in [5, 5.41) is 16.0. The molecule has 1 N–H and O–H groups in total. The van der Waals surface area contributed by atoms with Gasteiger partial charge in [0.2, 0.25) is 9.97 Å². The summed E-state index contributed by atoms with van der Waals surface area (Å²) in [6.45, 7) is 3.98. The molecule has 2 heterocycles. The number of nitrogens with one attached hydrogen (secondary N) is 1. The molecule has 1 aromatic carbocycles. The second kappa shape index (κ2) is 6.13. The van der Waals surface area contributed by atoms with Crippen molar-refractivity contribution in [2.45, 2.75) is 19.8 Å². The molecular formula is C14H14ClN5O2S. The Balaban J connectivity index is 1.90. The van der Waals surface area contributed by atoms with Gasteiger partial charge < -0.3 is 10.1 Å². The number of halogens is 1. The van der Waals surface area contributed by atoms with Crippen LogP contribution in [0.1, 0.15) is 35.4 Å². The van der Waals surface area contributed by atoms with Crippen molar-refractivity contribution in [1.82, 2.24) is 19.8 Å². The van der Waals surface area contributed by atoms with Gasteiger partial charge in [0.25, 0.3) is 5.91 Å². The van der Waals surface area contributed by atoms with Crippen LogP contribution in [0.3, 0.4) is 0 Å². The number of hydrogen-bond acceptors (Lipinski definition) is 6. The number of ether oxygens (including phenoxy) is 1. The molecular weight excluding hydrogens is 338 g/mol. The van der Waals surface area contributed by atoms with Crippen molar-refractivity contribution in [3.05, 3.63) is 34.1 Å². The van der Waals surface area contributed by atoms with Crippen molar-refractivity contribution in [1.29, 1.82) is 0 Å². The Morgan fingerprint density at radius 1 is 1.39 bits per heavy atom. The summed E-state index contributed by atoms with van der Waals surface area (Å²) in [4.78, 5) is 13.0. The molecule has 7 nitrogen and oxygen atoms in total. The van der Waals surface area contributed by atoms with Gasteiger partial charge in [0.15, 0.2) is 5.82 Å². The van der Waals surface area contributed by atoms with Crippen LogP contribution in [0.4, 0.5) is 5.69 Å². The number of hydrogen-bond donors (Lipinski definition) is 1. The van der Waals surface area contributed by atoms with Crippen LogP contribution in [0, 0.1) is 0 Å². The van der Waals surface area contributed by atoms with Gasteiger partial charge in [-0.1, -0.05) is 36.8 Å². The summed E-state index contributed by atoms with van der Waals surface area (Å²) in [6.07, 6.45) is 0. The van der Waals surface area contributed by atoms with Gasteiger partial charge in [-0.15, -0.1) is 15.3 Å². The van der Waals surface area contributed by atoms with Crippen LogP contribution in [0.2, 0.25) is 5.02 Å². The molecule has 0 fully saturated rings. The number of anilines is 1. The largest absolute Gasteiger partial charge is 0.495 e. The average molecular weight is 352 g/mol. The van der Waals surface area contributed by atoms with Crippen LogP contribution < -0.4 is 10.1 Å². The number of fused-ring (bicyclic) bond motifs is 1. The van der Waals surface area contributed by atoms with Crippen LogP contribution in [0.15, 0.2) is 18.2 Å². The van der Waals surface area contributed by atoms with Gasteiger partial charge in [-0.3, -0.25) is 4.79 Å². The van der Waals surface area contributed by atoms with Crippen LogP contribution in [-0.4, -0.2) is 32.8 Å². The zero-order valence-electron chi connectivity index (χ0n) is 12.7. The van der Waals surface area contributed by atoms with Gasteiger partial charge in [-0.05, 0) is 18.2 Å². The third-order valence-corrected chi connectivity index (χ3v) is 4.27. The molecule has 0 aliphatic heterocycles. The lowest BCUT2D eigenvalue weighted by atomic mass is 10.2. The third kappa shape index (κ3) is 2.99. The highest BCUT2D eigenvalue weighted by atomic mass is 35.5. The minimum atomic E-state index is -0.351. The summed E-state index contributed by atoms with van der Waals surface area (Å²) >= 11 is 7.14. The number of benzene rings is 1. The van der Waals surface area contributed by atoms with E-state index in [4.69, 9.17) is 16.3 Å². The first-order valence-electron chi connectivity index (χ1n) is 6.86. The van der Waals surface area contributed by atoms with E-state index in [9.17, 15) is 4.79 Å². The van der Waals surface area contributed by atoms with Crippen molar-refractivity contribution in [2.75, 3.05) is 12.4 Å². The minimum Gasteiger partial charge on any atom is -0.495 e. The summed E-state index contributed by atoms with van der Waals surface area (Å²) in [5.41, 5.74) is 0.486. The fraction of sp³-hybridized carbons (Fsp3) is 0.286. The Hall–Kier alpha value is -2.19. The molecule has 120 valence electrons. The zero-order valence-corrected chi connectivity index (χ0v) is 14.3. The van der Waals surface area contributed by atoms with Crippen molar-refractivity contribution in [3.63, 3.8) is 0 Å². The van der Waals surface area contributed by atoms with E-state index in [0.29, 0.717) is 26.4 Å². The molecule has 0 bridgehead atoms. The highest BCUT2D eigenvalue weighted by molar-refractivity contribution is 7.18. The Morgan fingerprint density at radius 3 is 2.87 bits per heavy atom. The van der Waals surface area contributed by atoms with Gasteiger partial charge in [-0.25, -0.2) is 0 Å². The molecule has 0 unspecified atom stereocenters. The lowest BCUT2D eigenvalue weighted by Gasteiger charge is -2.09. The number of nitrogens with zero attached hydrogens (tertiary/aromatic N) is 4. The van der Waals surface area contributed by atoms with E-state index >= 15 is 0 Å². The van der Waals surface area contributed by atoms with E-state index in [2.05, 4.69) is 20.6 Å². The van der Waals surface area contributed by atoms with Gasteiger partial charge in [-0.2, -0.15) is 4.52 Å². The smallest absolute Gasteiger partial charge is 0.286 e. The molecule has 3 rings (SSSR count). The zero-order chi connectivity index (χ0) is 16.6. The van der Waals surface area contributed by atoms with Crippen molar-refractivity contribution in [2.24, 2.45) is 0 Å². The molecule has 3 aromatic rings. The summed E-state index contributed by atoms with van der Waals surface area (Å²) in [5.74, 6) is 1.05. The Morgan fingerprint density at radius 2 is 2.17 bits per heavy atom. The van der Waals surface area contributed by atoms with Crippen LogP contribution in [-0.2, 0) is 0 Å². The standard InChI is InChI=1S/C14H14ClN5O2S/c1-7(2)11-17-18-14-20(11)19-13(23-14)12(21)16-9-6-8(15)4-5-10(9)22-3/h4-7H,1-3H3,(H,16,21). The van der Waals surface area contributed by atoms with Gasteiger partial charge in [0.05, 0.1) is 12.8 Å². The number of amides is 1. The molecule has 2 aromatic heterocycles. The van der Waals surface area contributed by atoms with E-state index in [1.165, 1.54) is 18.4 Å². The first-order chi connectivity index (χ1) is 11.0. The predicted molar refractivity (Wildman–Crippen MR) is 88.7 cm³/mol. The maximum absolute atomic E-state index is 12.4. The molecule has 9 heteroatoms. The van der Waals surface area contributed by atoms with Crippen molar-refractivity contribution in [3.8, 4) is 5.75 Å². The molecule has 1 amide bonds. The van der Waals surface area contributed by atoms with Crippen molar-refractivity contribution >= 4 is 39.5 Å². The maximum Gasteiger partial charge on any atom is 0.286 e. The van der Waals surface area contributed by atoms with E-state index in [0.717, 1.165) is 5.82 Å². The van der Waals surface area contributed by atoms with Crippen LogP contribution >= 0.6 is 22.9 Å². The quantitative estimate of drug-likeness (QED) is 0.780. The number of aromatic nitrogens is 4. The fourth-order valence-corrected chi connectivity index (χ4v) is 2.95. The molecule has 0 spiro atoms. The van der Waals surface area contributed by atoms with E-state index in [-0.39, 0.29) is 11.8 Å². The lowest BCUT2D eigenvalue weighted by molar-refractivity contribution is 0.102. The first-order valence-corrected chi connectivity index (χ1v) is 8.06. The summed E-state index contributed by atoms with van der Waals surface area (Å²) in [7, 11) is 1.52. The van der Waals surface area contributed by atoms with E-state index in [1.54, 1.807) is 22.7 Å². The monoisotopic (exact) mass is 351 g/mol. The van der Waals surface area contributed by atoms with Crippen LogP contribution in [0.5, 0.6) is 5.75 Å². The predicted octanol–water partition coefficient (Wildman–Crippen LogP) is 3.22. The van der Waals surface area contributed by atoms with E-state index < -0.39 is 0 Å². The normalized spacial score (nSPS) is 11.2. The summed E-state index contributed by atoms with van der Waals surface area (Å²) < 4.78 is 6.81. The van der Waals surface area contributed by atoms with Crippen molar-refractivity contribution < 1.29 is 9.53 Å². The van der Waals surface area contributed by atoms with E-state index in [1.807, 2.05) is 13.8 Å². The third-order valence-electron chi connectivity index (χ3n) is 3.14. The van der Waals surface area contributed by atoms with Gasteiger partial charge in [0.1, 0.15) is 5.75 Å². The second-order valence-corrected chi connectivity index (χ2v) is 6.51. The number of carbonyl (C=O) groups excluding carboxylic acids is 1. The molecule has 0 aliphatic carbocycles. The number of rotatable bonds is 4. The molecule has 23 heavy (non-hydrogen) atoms. The minimum absolute atomic E-state index is 0.163. The molecule has 0 saturated heterocycles.